The summed E-state index contributed by atoms with van der Waals surface area (Å²) in [6.45, 7) is -1.38. The third kappa shape index (κ3) is 8.50. The van der Waals surface area contributed by atoms with Crippen molar-refractivity contribution in [3.8, 4) is 0 Å². The highest BCUT2D eigenvalue weighted by Gasteiger charge is 2.31. The number of nitrogens with two attached hydrogens (primary N) is 1. The van der Waals surface area contributed by atoms with Crippen LogP contribution in [0.4, 0.5) is 4.79 Å². The SMILES string of the molecule is [2H]N(C)C(=O)OC[C@@H](C(=O)NCC(=O)O)N(C)C(=O)C(N)CCC(=O)O. The molecule has 0 aliphatic carbocycles. The molecule has 0 spiro atoms. The Morgan fingerprint density at radius 3 is 2.32 bits per heavy atom. The molecule has 0 rings (SSSR count). The predicted octanol–water partition coefficient (Wildman–Crippen LogP) is -2.44. The maximum absolute atomic E-state index is 12.2. The zero-order chi connectivity index (χ0) is 20.4. The van der Waals surface area contributed by atoms with Gasteiger partial charge in [0.1, 0.15) is 19.2 Å². The second-order valence-corrected chi connectivity index (χ2v) is 4.92. The highest BCUT2D eigenvalue weighted by molar-refractivity contribution is 5.91. The smallest absolute Gasteiger partial charge is 0.406 e. The topological polar surface area (TPSA) is 188 Å². The van der Waals surface area contributed by atoms with Crippen LogP contribution in [0.5, 0.6) is 0 Å². The van der Waals surface area contributed by atoms with Gasteiger partial charge in [0.25, 0.3) is 0 Å². The van der Waals surface area contributed by atoms with Gasteiger partial charge in [-0.25, -0.2) is 4.79 Å². The van der Waals surface area contributed by atoms with Crippen LogP contribution in [0, 0.1) is 0 Å². The zero-order valence-electron chi connectivity index (χ0n) is 14.8. The molecule has 0 saturated carbocycles. The van der Waals surface area contributed by atoms with Crippen LogP contribution in [-0.4, -0.2) is 84.3 Å². The van der Waals surface area contributed by atoms with E-state index >= 15 is 0 Å². The number of ether oxygens (including phenoxy) is 1. The molecule has 0 bridgehead atoms. The Balaban J connectivity index is 5.11. The predicted molar refractivity (Wildman–Crippen MR) is 82.5 cm³/mol. The Labute approximate surface area is 144 Å². The number of rotatable bonds is 10. The first kappa shape index (κ1) is 20.2. The summed E-state index contributed by atoms with van der Waals surface area (Å²) in [5.41, 5.74) is 5.60. The van der Waals surface area contributed by atoms with E-state index in [0.29, 0.717) is 5.31 Å². The van der Waals surface area contributed by atoms with Gasteiger partial charge in [-0.2, -0.15) is 0 Å². The zero-order valence-corrected chi connectivity index (χ0v) is 13.8. The maximum atomic E-state index is 12.2. The van der Waals surface area contributed by atoms with E-state index in [1.807, 2.05) is 5.32 Å². The minimum absolute atomic E-state index is 0.183. The summed E-state index contributed by atoms with van der Waals surface area (Å²) < 4.78 is 11.8. The number of aliphatic carboxylic acids is 2. The van der Waals surface area contributed by atoms with E-state index < -0.39 is 55.1 Å². The van der Waals surface area contributed by atoms with Crippen molar-refractivity contribution in [1.29, 1.82) is 0 Å². The lowest BCUT2D eigenvalue weighted by atomic mass is 10.1. The van der Waals surface area contributed by atoms with Gasteiger partial charge in [-0.15, -0.1) is 0 Å². The molecule has 0 heterocycles. The molecule has 142 valence electrons. The van der Waals surface area contributed by atoms with Crippen molar-refractivity contribution in [2.24, 2.45) is 5.73 Å². The molecular formula is C13H22N4O8. The van der Waals surface area contributed by atoms with Crippen molar-refractivity contribution in [2.75, 3.05) is 27.2 Å². The molecule has 6 N–H and O–H groups in total. The molecule has 0 aliphatic heterocycles. The second kappa shape index (κ2) is 10.8. The molecule has 0 aromatic carbocycles. The molecule has 0 radical (unpaired) electrons. The molecular weight excluding hydrogens is 340 g/mol. The average molecular weight is 363 g/mol. The normalized spacial score (nSPS) is 13.0. The van der Waals surface area contributed by atoms with Gasteiger partial charge in [0, 0.05) is 20.5 Å². The number of likely N-dealkylation sites (N-methyl/N-ethyl adjacent to an activating group) is 1. The summed E-state index contributed by atoms with van der Waals surface area (Å²) in [4.78, 5) is 57.6. The van der Waals surface area contributed by atoms with Gasteiger partial charge in [-0.1, -0.05) is 0 Å². The highest BCUT2D eigenvalue weighted by atomic mass is 16.5. The van der Waals surface area contributed by atoms with Crippen LogP contribution >= 0.6 is 0 Å². The van der Waals surface area contributed by atoms with Gasteiger partial charge >= 0.3 is 18.0 Å². The van der Waals surface area contributed by atoms with E-state index in [2.05, 4.69) is 0 Å². The molecule has 0 saturated heterocycles. The van der Waals surface area contributed by atoms with Gasteiger partial charge in [0.2, 0.25) is 11.8 Å². The molecule has 0 aromatic heterocycles. The number of nitrogens with zero attached hydrogens (tertiary/aromatic N) is 1. The van der Waals surface area contributed by atoms with Crippen LogP contribution in [0.15, 0.2) is 0 Å². The lowest BCUT2D eigenvalue weighted by molar-refractivity contribution is -0.143. The number of hydrogen-bond donors (Lipinski definition) is 5. The van der Waals surface area contributed by atoms with Gasteiger partial charge in [-0.3, -0.25) is 19.2 Å². The Morgan fingerprint density at radius 2 is 1.84 bits per heavy atom. The van der Waals surface area contributed by atoms with E-state index in [9.17, 15) is 24.0 Å². The van der Waals surface area contributed by atoms with Gasteiger partial charge in [0.15, 0.2) is 1.41 Å². The molecule has 0 fully saturated rings. The van der Waals surface area contributed by atoms with Crippen molar-refractivity contribution in [1.82, 2.24) is 15.5 Å². The summed E-state index contributed by atoms with van der Waals surface area (Å²) in [6, 6.07) is -2.64. The number of carboxylic acid groups (broad SMARTS) is 2. The van der Waals surface area contributed by atoms with Crippen molar-refractivity contribution >= 4 is 29.8 Å². The van der Waals surface area contributed by atoms with Crippen LogP contribution in [0.2, 0.25) is 1.41 Å². The Morgan fingerprint density at radius 1 is 1.24 bits per heavy atom. The third-order valence-electron chi connectivity index (χ3n) is 3.07. The van der Waals surface area contributed by atoms with Crippen LogP contribution in [-0.2, 0) is 23.9 Å². The fraction of sp³-hybridized carbons (Fsp3) is 0.615. The number of hydrogen-bond acceptors (Lipinski definition) is 7. The van der Waals surface area contributed by atoms with Gasteiger partial charge in [-0.05, 0) is 6.42 Å². The quantitative estimate of drug-likeness (QED) is 0.281. The summed E-state index contributed by atoms with van der Waals surface area (Å²) in [6.07, 6.45) is -1.65. The van der Waals surface area contributed by atoms with E-state index in [0.717, 1.165) is 11.9 Å². The fourth-order valence-electron chi connectivity index (χ4n) is 1.68. The monoisotopic (exact) mass is 363 g/mol. The average Bonchev–Trinajstić information content (AvgIpc) is 2.56. The highest BCUT2D eigenvalue weighted by Crippen LogP contribution is 2.05. The first-order valence-electron chi connectivity index (χ1n) is 7.55. The summed E-state index contributed by atoms with van der Waals surface area (Å²) in [7, 11) is 2.25. The second-order valence-electron chi connectivity index (χ2n) is 4.92. The van der Waals surface area contributed by atoms with Crippen molar-refractivity contribution in [3.63, 3.8) is 0 Å². The summed E-state index contributed by atoms with van der Waals surface area (Å²) in [5.74, 6) is -4.20. The molecule has 12 heteroatoms. The fourth-order valence-corrected chi connectivity index (χ4v) is 1.68. The van der Waals surface area contributed by atoms with E-state index in [-0.39, 0.29) is 12.8 Å². The molecule has 0 aromatic rings. The van der Waals surface area contributed by atoms with E-state index in [1.165, 1.54) is 7.05 Å². The summed E-state index contributed by atoms with van der Waals surface area (Å²) in [5, 5.41) is 19.6. The lowest BCUT2D eigenvalue weighted by Gasteiger charge is -2.28. The number of nitrogens with one attached hydrogen (secondary N) is 2. The third-order valence-corrected chi connectivity index (χ3v) is 3.07. The minimum atomic E-state index is -1.42. The number of carboxylic acids is 2. The molecule has 0 aliphatic rings. The van der Waals surface area contributed by atoms with Crippen LogP contribution in [0.25, 0.3) is 0 Å². The Bertz CT molecular complexity index is 556. The number of carbonyl (C=O) groups excluding carboxylic acids is 3. The van der Waals surface area contributed by atoms with Crippen molar-refractivity contribution < 1.29 is 40.3 Å². The van der Waals surface area contributed by atoms with Crippen LogP contribution in [0.3, 0.4) is 0 Å². The van der Waals surface area contributed by atoms with Crippen molar-refractivity contribution in [2.45, 2.75) is 24.9 Å². The van der Waals surface area contributed by atoms with Crippen LogP contribution < -0.4 is 16.4 Å². The number of alkyl carbamates (subject to hydrolysis) is 1. The van der Waals surface area contributed by atoms with Gasteiger partial charge < -0.3 is 36.2 Å². The Hall–Kier alpha value is -2.89. The first-order valence-corrected chi connectivity index (χ1v) is 7.10. The van der Waals surface area contributed by atoms with E-state index in [4.69, 9.17) is 22.1 Å². The number of amides is 3. The summed E-state index contributed by atoms with van der Waals surface area (Å²) >= 11 is 0. The van der Waals surface area contributed by atoms with Gasteiger partial charge in [0.05, 0.1) is 6.04 Å². The maximum Gasteiger partial charge on any atom is 0.406 e. The van der Waals surface area contributed by atoms with E-state index in [1.54, 1.807) is 0 Å². The Kier molecular flexibility index (Phi) is 8.71. The standard InChI is InChI=1S/C13H22N4O8/c1-15-13(24)25-6-8(11(22)16-5-10(20)21)17(2)12(23)7(14)3-4-9(18)19/h7-8H,3-6,14H2,1-2H3,(H,15,24)(H,16,22)(H,18,19)(H,20,21)/t7?,8-/m0/s1/i/hD. The minimum Gasteiger partial charge on any atom is -0.481 e. The molecule has 1 unspecified atom stereocenters. The lowest BCUT2D eigenvalue weighted by Crippen LogP contribution is -2.55. The van der Waals surface area contributed by atoms with Crippen molar-refractivity contribution in [3.05, 3.63) is 0 Å². The molecule has 12 nitrogen and oxygen atoms in total. The number of carbonyl (C=O) groups is 5. The molecule has 25 heavy (non-hydrogen) atoms. The van der Waals surface area contributed by atoms with Crippen LogP contribution in [0.1, 0.15) is 12.8 Å². The first-order chi connectivity index (χ1) is 12.0. The molecule has 2 atom stereocenters. The molecule has 3 amide bonds. The largest absolute Gasteiger partial charge is 0.481 e.